The highest BCUT2D eigenvalue weighted by Crippen LogP contribution is 2.46. The van der Waals surface area contributed by atoms with Crippen molar-refractivity contribution in [3.05, 3.63) is 64.6 Å². The van der Waals surface area contributed by atoms with Gasteiger partial charge in [-0.3, -0.25) is 0 Å². The summed E-state index contributed by atoms with van der Waals surface area (Å²) in [6.07, 6.45) is -0.388. The van der Waals surface area contributed by atoms with Gasteiger partial charge < -0.3 is 4.74 Å². The summed E-state index contributed by atoms with van der Waals surface area (Å²) in [5, 5.41) is 0. The van der Waals surface area contributed by atoms with Gasteiger partial charge in [-0.2, -0.15) is 0 Å². The molecule has 1 heterocycles. The maximum Gasteiger partial charge on any atom is 0.208 e. The van der Waals surface area contributed by atoms with Crippen molar-refractivity contribution in [2.75, 3.05) is 0 Å². The van der Waals surface area contributed by atoms with Gasteiger partial charge in [-0.05, 0) is 23.8 Å². The van der Waals surface area contributed by atoms with Crippen LogP contribution in [0.15, 0.2) is 64.0 Å². The summed E-state index contributed by atoms with van der Waals surface area (Å²) in [5.41, 5.74) is 0.0839. The normalized spacial score (nSPS) is 22.2. The molecular weight excluding hydrogens is 328 g/mol. The summed E-state index contributed by atoms with van der Waals surface area (Å²) in [6, 6.07) is 15.9. The summed E-state index contributed by atoms with van der Waals surface area (Å²) in [6.45, 7) is 0. The first kappa shape index (κ1) is 12.8. The second-order valence-corrected chi connectivity index (χ2v) is 7.19. The van der Waals surface area contributed by atoms with Gasteiger partial charge in [0.2, 0.25) is 9.84 Å². The fourth-order valence-electron chi connectivity index (χ4n) is 2.01. The number of rotatable bonds is 3. The van der Waals surface area contributed by atoms with Crippen molar-refractivity contribution in [3.8, 4) is 0 Å². The molecule has 1 aliphatic rings. The quantitative estimate of drug-likeness (QED) is 0.806. The average molecular weight is 339 g/mol. The predicted molar refractivity (Wildman–Crippen MR) is 75.4 cm³/mol. The van der Waals surface area contributed by atoms with Crippen LogP contribution in [0.4, 0.5) is 0 Å². The minimum Gasteiger partial charge on any atom is -0.347 e. The van der Waals surface area contributed by atoms with Gasteiger partial charge in [-0.25, -0.2) is 8.42 Å². The SMILES string of the molecule is O=S(=O)(c1ccccc1)[C@@H]1O[C@H]1c1ccccc1Br. The van der Waals surface area contributed by atoms with E-state index in [1.807, 2.05) is 24.3 Å². The van der Waals surface area contributed by atoms with Crippen LogP contribution in [0, 0.1) is 0 Å². The van der Waals surface area contributed by atoms with Crippen LogP contribution in [-0.2, 0) is 14.6 Å². The van der Waals surface area contributed by atoms with Crippen LogP contribution in [0.25, 0.3) is 0 Å². The lowest BCUT2D eigenvalue weighted by molar-refractivity contribution is 0.398. The van der Waals surface area contributed by atoms with Crippen molar-refractivity contribution in [1.82, 2.24) is 0 Å². The van der Waals surface area contributed by atoms with Crippen LogP contribution in [0.5, 0.6) is 0 Å². The first-order valence-electron chi connectivity index (χ1n) is 5.79. The molecule has 0 amide bonds. The third kappa shape index (κ3) is 2.33. The van der Waals surface area contributed by atoms with Crippen LogP contribution in [0.3, 0.4) is 0 Å². The Morgan fingerprint density at radius 3 is 2.26 bits per heavy atom. The molecule has 3 nitrogen and oxygen atoms in total. The molecule has 2 aromatic carbocycles. The van der Waals surface area contributed by atoms with Crippen molar-refractivity contribution in [3.63, 3.8) is 0 Å². The van der Waals surface area contributed by atoms with Crippen LogP contribution < -0.4 is 0 Å². The van der Waals surface area contributed by atoms with E-state index in [-0.39, 0.29) is 6.10 Å². The monoisotopic (exact) mass is 338 g/mol. The van der Waals surface area contributed by atoms with Gasteiger partial charge in [-0.1, -0.05) is 52.3 Å². The third-order valence-electron chi connectivity index (χ3n) is 3.04. The van der Waals surface area contributed by atoms with Crippen molar-refractivity contribution in [1.29, 1.82) is 0 Å². The van der Waals surface area contributed by atoms with Crippen molar-refractivity contribution in [2.24, 2.45) is 0 Å². The summed E-state index contributed by atoms with van der Waals surface area (Å²) >= 11 is 3.41. The zero-order valence-electron chi connectivity index (χ0n) is 9.86. The highest BCUT2D eigenvalue weighted by molar-refractivity contribution is 9.10. The number of epoxide rings is 1. The molecular formula is C14H11BrO3S. The third-order valence-corrected chi connectivity index (χ3v) is 5.66. The van der Waals surface area contributed by atoms with Crippen LogP contribution in [0.1, 0.15) is 11.7 Å². The van der Waals surface area contributed by atoms with E-state index in [0.29, 0.717) is 4.90 Å². The fraction of sp³-hybridized carbons (Fsp3) is 0.143. The van der Waals surface area contributed by atoms with E-state index in [1.54, 1.807) is 30.3 Å². The maximum absolute atomic E-state index is 12.3. The van der Waals surface area contributed by atoms with Gasteiger partial charge in [0.1, 0.15) is 6.10 Å². The molecule has 3 rings (SSSR count). The van der Waals surface area contributed by atoms with E-state index >= 15 is 0 Å². The Morgan fingerprint density at radius 1 is 0.947 bits per heavy atom. The van der Waals surface area contributed by atoms with E-state index in [2.05, 4.69) is 15.9 Å². The van der Waals surface area contributed by atoms with E-state index in [1.165, 1.54) is 0 Å². The highest BCUT2D eigenvalue weighted by Gasteiger charge is 2.51. The van der Waals surface area contributed by atoms with Gasteiger partial charge in [0.15, 0.2) is 5.44 Å². The number of benzene rings is 2. The molecule has 98 valence electrons. The smallest absolute Gasteiger partial charge is 0.208 e. The van der Waals surface area contributed by atoms with Gasteiger partial charge in [0, 0.05) is 4.47 Å². The second-order valence-electron chi connectivity index (χ2n) is 4.30. The molecule has 0 N–H and O–H groups in total. The van der Waals surface area contributed by atoms with Crippen LogP contribution >= 0.6 is 15.9 Å². The second kappa shape index (κ2) is 4.74. The zero-order valence-corrected chi connectivity index (χ0v) is 12.3. The Bertz CT molecular complexity index is 698. The molecule has 0 unspecified atom stereocenters. The summed E-state index contributed by atoms with van der Waals surface area (Å²) in [4.78, 5) is 0.301. The van der Waals surface area contributed by atoms with E-state index in [9.17, 15) is 8.42 Å². The van der Waals surface area contributed by atoms with Crippen molar-refractivity contribution >= 4 is 25.8 Å². The van der Waals surface area contributed by atoms with E-state index in [4.69, 9.17) is 4.74 Å². The summed E-state index contributed by atoms with van der Waals surface area (Å²) in [5.74, 6) is 0. The topological polar surface area (TPSA) is 46.7 Å². The lowest BCUT2D eigenvalue weighted by atomic mass is 10.2. The molecule has 2 atom stereocenters. The number of sulfone groups is 1. The van der Waals surface area contributed by atoms with Gasteiger partial charge in [-0.15, -0.1) is 0 Å². The van der Waals surface area contributed by atoms with Crippen molar-refractivity contribution in [2.45, 2.75) is 16.4 Å². The number of hydrogen-bond donors (Lipinski definition) is 0. The number of ether oxygens (including phenoxy) is 1. The van der Waals surface area contributed by atoms with Crippen LogP contribution in [0.2, 0.25) is 0 Å². The number of halogens is 1. The molecule has 2 aromatic rings. The molecule has 0 aliphatic carbocycles. The Morgan fingerprint density at radius 2 is 1.58 bits per heavy atom. The van der Waals surface area contributed by atoms with Crippen molar-refractivity contribution < 1.29 is 13.2 Å². The Kier molecular flexibility index (Phi) is 3.20. The highest BCUT2D eigenvalue weighted by atomic mass is 79.9. The molecule has 0 bridgehead atoms. The lowest BCUT2D eigenvalue weighted by Crippen LogP contribution is -2.09. The standard InChI is InChI=1S/C14H11BrO3S/c15-12-9-5-4-8-11(12)13-14(18-13)19(16,17)10-6-2-1-3-7-10/h1-9,13-14H/t13-,14-/m0/s1. The molecule has 5 heteroatoms. The summed E-state index contributed by atoms with van der Waals surface area (Å²) < 4.78 is 30.9. The molecule has 1 fully saturated rings. The average Bonchev–Trinajstić information content (AvgIpc) is 3.21. The zero-order chi connectivity index (χ0) is 13.5. The summed E-state index contributed by atoms with van der Waals surface area (Å²) in [7, 11) is -3.42. The van der Waals surface area contributed by atoms with Crippen LogP contribution in [-0.4, -0.2) is 13.9 Å². The Labute approximate surface area is 120 Å². The lowest BCUT2D eigenvalue weighted by Gasteiger charge is -2.01. The molecule has 0 radical (unpaired) electrons. The predicted octanol–water partition coefficient (Wildman–Crippen LogP) is 3.32. The largest absolute Gasteiger partial charge is 0.347 e. The first-order valence-corrected chi connectivity index (χ1v) is 8.13. The minimum absolute atomic E-state index is 0.301. The molecule has 0 saturated carbocycles. The Hall–Kier alpha value is -1.17. The molecule has 1 aliphatic heterocycles. The molecule has 0 aromatic heterocycles. The first-order chi connectivity index (χ1) is 9.10. The maximum atomic E-state index is 12.3. The molecule has 19 heavy (non-hydrogen) atoms. The van der Waals surface area contributed by atoms with E-state index in [0.717, 1.165) is 10.0 Å². The fourth-order valence-corrected chi connectivity index (χ4v) is 4.06. The molecule has 1 saturated heterocycles. The van der Waals surface area contributed by atoms with Gasteiger partial charge in [0.05, 0.1) is 4.90 Å². The van der Waals surface area contributed by atoms with Gasteiger partial charge >= 0.3 is 0 Å². The van der Waals surface area contributed by atoms with E-state index < -0.39 is 15.3 Å². The molecule has 0 spiro atoms. The Balaban J connectivity index is 1.90. The minimum atomic E-state index is -3.42. The number of hydrogen-bond acceptors (Lipinski definition) is 3. The van der Waals surface area contributed by atoms with Gasteiger partial charge in [0.25, 0.3) is 0 Å².